The van der Waals surface area contributed by atoms with Gasteiger partial charge in [-0.05, 0) is 31.6 Å². The van der Waals surface area contributed by atoms with Crippen LogP contribution in [0.1, 0.15) is 65.7 Å². The van der Waals surface area contributed by atoms with Gasteiger partial charge in [0.1, 0.15) is 0 Å². The molecule has 122 valence electrons. The number of nitrogens with zero attached hydrogens (tertiary/aromatic N) is 2. The van der Waals surface area contributed by atoms with E-state index in [1.807, 2.05) is 11.8 Å². The molecule has 0 radical (unpaired) electrons. The van der Waals surface area contributed by atoms with Gasteiger partial charge in [-0.15, -0.1) is 0 Å². The minimum atomic E-state index is -0.479. The van der Waals surface area contributed by atoms with Crippen LogP contribution in [0.25, 0.3) is 0 Å². The molecule has 3 N–H and O–H groups in total. The lowest BCUT2D eigenvalue weighted by Gasteiger charge is -2.32. The molecular weight excluding hydrogens is 266 g/mol. The summed E-state index contributed by atoms with van der Waals surface area (Å²) >= 11 is 0. The predicted octanol–water partition coefficient (Wildman–Crippen LogP) is 2.97. The molecule has 0 heterocycles. The van der Waals surface area contributed by atoms with Gasteiger partial charge in [-0.2, -0.15) is 0 Å². The molecule has 1 unspecified atom stereocenters. The zero-order chi connectivity index (χ0) is 15.8. The second-order valence-corrected chi connectivity index (χ2v) is 6.52. The molecule has 1 fully saturated rings. The van der Waals surface area contributed by atoms with Crippen molar-refractivity contribution in [3.63, 3.8) is 0 Å². The second kappa shape index (κ2) is 8.90. The smallest absolute Gasteiger partial charge is 0.233 e. The maximum atomic E-state index is 12.9. The van der Waals surface area contributed by atoms with Crippen LogP contribution in [0.3, 0.4) is 0 Å². The predicted molar refractivity (Wildman–Crippen MR) is 85.2 cm³/mol. The molecule has 5 nitrogen and oxygen atoms in total. The van der Waals surface area contributed by atoms with Gasteiger partial charge in [0.15, 0.2) is 5.84 Å². The first-order valence-corrected chi connectivity index (χ1v) is 8.29. The van der Waals surface area contributed by atoms with Gasteiger partial charge >= 0.3 is 0 Å². The topological polar surface area (TPSA) is 78.9 Å². The monoisotopic (exact) mass is 297 g/mol. The molecule has 5 heteroatoms. The van der Waals surface area contributed by atoms with Crippen molar-refractivity contribution >= 4 is 11.7 Å². The maximum Gasteiger partial charge on any atom is 0.233 e. The zero-order valence-corrected chi connectivity index (χ0v) is 13.7. The summed E-state index contributed by atoms with van der Waals surface area (Å²) in [5.41, 5.74) is 5.75. The molecule has 0 saturated heterocycles. The van der Waals surface area contributed by atoms with E-state index in [4.69, 9.17) is 10.9 Å². The molecule has 0 aromatic heterocycles. The summed E-state index contributed by atoms with van der Waals surface area (Å²) in [6, 6.07) is 0.335. The number of hydrogen-bond acceptors (Lipinski definition) is 3. The molecular formula is C16H31N3O2. The highest BCUT2D eigenvalue weighted by atomic mass is 16.4. The Bertz CT molecular complexity index is 349. The molecule has 0 aromatic carbocycles. The lowest BCUT2D eigenvalue weighted by molar-refractivity contribution is -0.136. The SMILES string of the molecule is CCCC(C(=O)N(CCC(C)C)C1CCCC1)C(N)=NO. The largest absolute Gasteiger partial charge is 0.409 e. The minimum absolute atomic E-state index is 0.0414. The Kier molecular flexibility index (Phi) is 7.54. The van der Waals surface area contributed by atoms with Crippen molar-refractivity contribution in [2.75, 3.05) is 6.54 Å². The fourth-order valence-electron chi connectivity index (χ4n) is 3.04. The molecule has 1 saturated carbocycles. The van der Waals surface area contributed by atoms with E-state index in [0.717, 1.165) is 32.2 Å². The Labute approximate surface area is 128 Å². The minimum Gasteiger partial charge on any atom is -0.409 e. The maximum absolute atomic E-state index is 12.9. The number of amides is 1. The van der Waals surface area contributed by atoms with E-state index in [1.165, 1.54) is 12.8 Å². The first kappa shape index (κ1) is 17.8. The van der Waals surface area contributed by atoms with E-state index < -0.39 is 5.92 Å². The number of nitrogens with two attached hydrogens (primary N) is 1. The fraction of sp³-hybridized carbons (Fsp3) is 0.875. The molecule has 0 spiro atoms. The summed E-state index contributed by atoms with van der Waals surface area (Å²) < 4.78 is 0. The third-order valence-electron chi connectivity index (χ3n) is 4.34. The summed E-state index contributed by atoms with van der Waals surface area (Å²) in [5, 5.41) is 12.0. The number of amidine groups is 1. The number of rotatable bonds is 8. The first-order chi connectivity index (χ1) is 10.0. The van der Waals surface area contributed by atoms with Crippen molar-refractivity contribution in [2.24, 2.45) is 22.7 Å². The van der Waals surface area contributed by atoms with Crippen LogP contribution in [-0.4, -0.2) is 34.4 Å². The Morgan fingerprint density at radius 1 is 1.33 bits per heavy atom. The molecule has 1 rings (SSSR count). The average Bonchev–Trinajstić information content (AvgIpc) is 2.97. The highest BCUT2D eigenvalue weighted by Gasteiger charge is 2.32. The Morgan fingerprint density at radius 2 is 1.95 bits per heavy atom. The third-order valence-corrected chi connectivity index (χ3v) is 4.34. The van der Waals surface area contributed by atoms with Crippen molar-refractivity contribution < 1.29 is 10.0 Å². The number of hydrogen-bond donors (Lipinski definition) is 2. The van der Waals surface area contributed by atoms with Crippen molar-refractivity contribution in [2.45, 2.75) is 71.8 Å². The average molecular weight is 297 g/mol. The van der Waals surface area contributed by atoms with Crippen LogP contribution in [0.15, 0.2) is 5.16 Å². The fourth-order valence-corrected chi connectivity index (χ4v) is 3.04. The van der Waals surface area contributed by atoms with Crippen LogP contribution in [-0.2, 0) is 4.79 Å². The van der Waals surface area contributed by atoms with E-state index in [2.05, 4.69) is 19.0 Å². The van der Waals surface area contributed by atoms with Gasteiger partial charge in [0.2, 0.25) is 5.91 Å². The summed E-state index contributed by atoms with van der Waals surface area (Å²) in [6.07, 6.45) is 7.03. The Morgan fingerprint density at radius 3 is 2.43 bits per heavy atom. The van der Waals surface area contributed by atoms with E-state index in [0.29, 0.717) is 18.4 Å². The Balaban J connectivity index is 2.84. The van der Waals surface area contributed by atoms with Crippen LogP contribution in [0.5, 0.6) is 0 Å². The quantitative estimate of drug-likeness (QED) is 0.313. The number of carbonyl (C=O) groups excluding carboxylic acids is 1. The molecule has 1 aliphatic carbocycles. The molecule has 1 aliphatic rings. The van der Waals surface area contributed by atoms with Crippen molar-refractivity contribution in [3.8, 4) is 0 Å². The van der Waals surface area contributed by atoms with Crippen LogP contribution in [0.4, 0.5) is 0 Å². The highest BCUT2D eigenvalue weighted by molar-refractivity contribution is 6.02. The standard InChI is InChI=1S/C16H31N3O2/c1-4-7-14(15(17)18-21)16(20)19(11-10-12(2)3)13-8-5-6-9-13/h12-14,21H,4-11H2,1-3H3,(H2,17,18). The van der Waals surface area contributed by atoms with Crippen molar-refractivity contribution in [1.29, 1.82) is 0 Å². The van der Waals surface area contributed by atoms with Crippen molar-refractivity contribution in [3.05, 3.63) is 0 Å². The number of carbonyl (C=O) groups is 1. The van der Waals surface area contributed by atoms with Crippen LogP contribution < -0.4 is 5.73 Å². The van der Waals surface area contributed by atoms with E-state index in [9.17, 15) is 4.79 Å². The van der Waals surface area contributed by atoms with Gasteiger partial charge in [-0.25, -0.2) is 0 Å². The number of oxime groups is 1. The van der Waals surface area contributed by atoms with Gasteiger partial charge in [0.05, 0.1) is 5.92 Å². The lowest BCUT2D eigenvalue weighted by Crippen LogP contribution is -2.47. The second-order valence-electron chi connectivity index (χ2n) is 6.52. The summed E-state index contributed by atoms with van der Waals surface area (Å²) in [5.74, 6) is 0.178. The molecule has 0 bridgehead atoms. The molecule has 21 heavy (non-hydrogen) atoms. The van der Waals surface area contributed by atoms with E-state index in [-0.39, 0.29) is 11.7 Å². The van der Waals surface area contributed by atoms with Crippen LogP contribution in [0.2, 0.25) is 0 Å². The zero-order valence-electron chi connectivity index (χ0n) is 13.7. The van der Waals surface area contributed by atoms with Gasteiger partial charge < -0.3 is 15.8 Å². The summed E-state index contributed by atoms with van der Waals surface area (Å²) in [4.78, 5) is 14.9. The van der Waals surface area contributed by atoms with Crippen LogP contribution in [0, 0.1) is 11.8 Å². The van der Waals surface area contributed by atoms with E-state index >= 15 is 0 Å². The summed E-state index contributed by atoms with van der Waals surface area (Å²) in [6.45, 7) is 7.13. The van der Waals surface area contributed by atoms with E-state index in [1.54, 1.807) is 0 Å². The van der Waals surface area contributed by atoms with Gasteiger partial charge in [-0.3, -0.25) is 4.79 Å². The molecule has 1 atom stereocenters. The van der Waals surface area contributed by atoms with Gasteiger partial charge in [0.25, 0.3) is 0 Å². The van der Waals surface area contributed by atoms with Crippen molar-refractivity contribution in [1.82, 2.24) is 4.90 Å². The van der Waals surface area contributed by atoms with Gasteiger partial charge in [-0.1, -0.05) is 45.2 Å². The van der Waals surface area contributed by atoms with Crippen LogP contribution >= 0.6 is 0 Å². The molecule has 0 aromatic rings. The molecule has 1 amide bonds. The highest BCUT2D eigenvalue weighted by Crippen LogP contribution is 2.26. The lowest BCUT2D eigenvalue weighted by atomic mass is 9.98. The summed E-state index contributed by atoms with van der Waals surface area (Å²) in [7, 11) is 0. The third kappa shape index (κ3) is 5.21. The van der Waals surface area contributed by atoms with Gasteiger partial charge in [0, 0.05) is 12.6 Å². The molecule has 0 aliphatic heterocycles. The normalized spacial score (nSPS) is 18.2. The Hall–Kier alpha value is -1.26. The first-order valence-electron chi connectivity index (χ1n) is 8.29.